The number of hydrogen-bond acceptors (Lipinski definition) is 7. The van der Waals surface area contributed by atoms with E-state index < -0.39 is 12.1 Å². The number of alkyl halides is 3. The molecule has 168 valence electrons. The van der Waals surface area contributed by atoms with Crippen LogP contribution in [0, 0.1) is 0 Å². The quantitative estimate of drug-likeness (QED) is 0.627. The molecule has 13 heteroatoms. The van der Waals surface area contributed by atoms with Crippen molar-refractivity contribution in [2.45, 2.75) is 31.9 Å². The van der Waals surface area contributed by atoms with Gasteiger partial charge in [-0.3, -0.25) is 9.58 Å². The standard InChI is InChI=1S/C16H20N6OS.C2HF3O2/c1-20-7-13(5-17-20)16-15-9-21(6-12-3-4-24-11-12)14(10-23-2)8-22(15)19-18-16;3-2(4,5)1(6)7/h3-5,7,11,14H,6,8-10H2,1-2H3;(H,6,7). The van der Waals surface area contributed by atoms with Crippen LogP contribution in [0.5, 0.6) is 0 Å². The Bertz CT molecular complexity index is 1000. The smallest absolute Gasteiger partial charge is 0.475 e. The van der Waals surface area contributed by atoms with Crippen molar-refractivity contribution in [3.8, 4) is 11.3 Å². The number of ether oxygens (including phenoxy) is 1. The summed E-state index contributed by atoms with van der Waals surface area (Å²) in [5, 5.41) is 24.5. The Morgan fingerprint density at radius 2 is 2.16 bits per heavy atom. The molecule has 0 amide bonds. The Hall–Kier alpha value is -2.77. The highest BCUT2D eigenvalue weighted by molar-refractivity contribution is 7.07. The summed E-state index contributed by atoms with van der Waals surface area (Å²) in [6.07, 6.45) is -1.26. The van der Waals surface area contributed by atoms with Gasteiger partial charge in [-0.15, -0.1) is 5.10 Å². The maximum atomic E-state index is 10.6. The monoisotopic (exact) mass is 458 g/mol. The minimum Gasteiger partial charge on any atom is -0.475 e. The van der Waals surface area contributed by atoms with Crippen LogP contribution in [-0.2, 0) is 36.2 Å². The maximum Gasteiger partial charge on any atom is 0.490 e. The Morgan fingerprint density at radius 1 is 1.42 bits per heavy atom. The number of methoxy groups -OCH3 is 1. The highest BCUT2D eigenvalue weighted by atomic mass is 32.1. The lowest BCUT2D eigenvalue weighted by molar-refractivity contribution is -0.192. The Balaban J connectivity index is 0.000000339. The third kappa shape index (κ3) is 5.68. The van der Waals surface area contributed by atoms with Gasteiger partial charge in [-0.1, -0.05) is 5.21 Å². The number of carboxylic acids is 1. The third-order valence-electron chi connectivity index (χ3n) is 4.64. The zero-order valence-electron chi connectivity index (χ0n) is 16.8. The lowest BCUT2D eigenvalue weighted by Gasteiger charge is -2.35. The fourth-order valence-corrected chi connectivity index (χ4v) is 3.85. The van der Waals surface area contributed by atoms with Crippen LogP contribution in [0.2, 0.25) is 0 Å². The third-order valence-corrected chi connectivity index (χ3v) is 5.37. The van der Waals surface area contributed by atoms with Crippen molar-refractivity contribution in [2.75, 3.05) is 13.7 Å². The minimum atomic E-state index is -5.08. The number of rotatable bonds is 5. The predicted molar refractivity (Wildman–Crippen MR) is 105 cm³/mol. The van der Waals surface area contributed by atoms with Gasteiger partial charge in [0.25, 0.3) is 0 Å². The summed E-state index contributed by atoms with van der Waals surface area (Å²) >= 11 is 1.73. The van der Waals surface area contributed by atoms with E-state index in [1.54, 1.807) is 23.1 Å². The van der Waals surface area contributed by atoms with E-state index in [0.29, 0.717) is 12.6 Å². The van der Waals surface area contributed by atoms with E-state index in [9.17, 15) is 13.2 Å². The molecular weight excluding hydrogens is 437 g/mol. The molecule has 0 radical (unpaired) electrons. The number of aryl methyl sites for hydroxylation is 1. The zero-order valence-corrected chi connectivity index (χ0v) is 17.6. The first kappa shape index (κ1) is 22.9. The first-order chi connectivity index (χ1) is 14.7. The van der Waals surface area contributed by atoms with Gasteiger partial charge in [0.1, 0.15) is 5.69 Å². The highest BCUT2D eigenvalue weighted by Gasteiger charge is 2.38. The van der Waals surface area contributed by atoms with E-state index in [-0.39, 0.29) is 0 Å². The summed E-state index contributed by atoms with van der Waals surface area (Å²) in [6, 6.07) is 2.48. The molecule has 0 saturated heterocycles. The highest BCUT2D eigenvalue weighted by Crippen LogP contribution is 2.27. The molecule has 0 spiro atoms. The molecule has 4 rings (SSSR count). The normalized spacial score (nSPS) is 16.5. The van der Waals surface area contributed by atoms with Crippen LogP contribution in [0.25, 0.3) is 11.3 Å². The molecule has 0 bridgehead atoms. The molecule has 1 aliphatic rings. The molecule has 1 unspecified atom stereocenters. The number of carbonyl (C=O) groups is 1. The van der Waals surface area contributed by atoms with Crippen molar-refractivity contribution in [1.82, 2.24) is 29.7 Å². The fourth-order valence-electron chi connectivity index (χ4n) is 3.19. The van der Waals surface area contributed by atoms with Gasteiger partial charge in [-0.05, 0) is 22.4 Å². The average Bonchev–Trinajstić information content (AvgIpc) is 3.43. The number of hydrogen-bond donors (Lipinski definition) is 1. The average molecular weight is 458 g/mol. The van der Waals surface area contributed by atoms with Crippen molar-refractivity contribution in [3.63, 3.8) is 0 Å². The van der Waals surface area contributed by atoms with Gasteiger partial charge in [0, 0.05) is 39.0 Å². The largest absolute Gasteiger partial charge is 0.490 e. The van der Waals surface area contributed by atoms with Crippen molar-refractivity contribution >= 4 is 17.3 Å². The van der Waals surface area contributed by atoms with Gasteiger partial charge in [-0.2, -0.15) is 29.6 Å². The lowest BCUT2D eigenvalue weighted by Crippen LogP contribution is -2.45. The van der Waals surface area contributed by atoms with E-state index in [0.717, 1.165) is 36.6 Å². The van der Waals surface area contributed by atoms with Gasteiger partial charge < -0.3 is 9.84 Å². The summed E-state index contributed by atoms with van der Waals surface area (Å²) in [5.74, 6) is -2.76. The molecule has 0 fully saturated rings. The molecule has 1 aliphatic heterocycles. The number of aromatic nitrogens is 5. The molecule has 1 atom stereocenters. The molecule has 3 aromatic heterocycles. The lowest BCUT2D eigenvalue weighted by atomic mass is 10.1. The molecule has 1 N–H and O–H groups in total. The van der Waals surface area contributed by atoms with Crippen molar-refractivity contribution in [3.05, 3.63) is 40.5 Å². The van der Waals surface area contributed by atoms with Crippen LogP contribution >= 0.6 is 11.3 Å². The number of aliphatic carboxylic acids is 1. The molecule has 4 heterocycles. The molecule has 0 saturated carbocycles. The topological polar surface area (TPSA) is 98.3 Å². The molecule has 9 nitrogen and oxygen atoms in total. The number of carboxylic acid groups (broad SMARTS) is 1. The van der Waals surface area contributed by atoms with Crippen LogP contribution in [0.15, 0.2) is 29.2 Å². The molecule has 0 aromatic carbocycles. The summed E-state index contributed by atoms with van der Waals surface area (Å²) in [4.78, 5) is 11.3. The van der Waals surface area contributed by atoms with Crippen LogP contribution in [0.1, 0.15) is 11.3 Å². The predicted octanol–water partition coefficient (Wildman–Crippen LogP) is 2.40. The summed E-state index contributed by atoms with van der Waals surface area (Å²) < 4.78 is 41.0. The van der Waals surface area contributed by atoms with Gasteiger partial charge in [-0.25, -0.2) is 9.48 Å². The number of halogens is 3. The van der Waals surface area contributed by atoms with E-state index in [1.165, 1.54) is 5.56 Å². The first-order valence-electron chi connectivity index (χ1n) is 9.14. The van der Waals surface area contributed by atoms with E-state index in [2.05, 4.69) is 37.1 Å². The second kappa shape index (κ2) is 9.58. The Morgan fingerprint density at radius 3 is 2.71 bits per heavy atom. The number of thiophene rings is 1. The molecule has 3 aromatic rings. The second-order valence-electron chi connectivity index (χ2n) is 6.92. The minimum absolute atomic E-state index is 0.297. The SMILES string of the molecule is COCC1Cn2nnc(-c3cnn(C)c3)c2CN1Cc1ccsc1.O=C(O)C(F)(F)F. The first-order valence-corrected chi connectivity index (χ1v) is 10.1. The van der Waals surface area contributed by atoms with Crippen LogP contribution in [-0.4, -0.2) is 66.7 Å². The van der Waals surface area contributed by atoms with Gasteiger partial charge in [0.05, 0.1) is 31.1 Å². The van der Waals surface area contributed by atoms with Crippen LogP contribution < -0.4 is 0 Å². The molecular formula is C18H21F3N6O3S. The van der Waals surface area contributed by atoms with Gasteiger partial charge in [0.2, 0.25) is 0 Å². The van der Waals surface area contributed by atoms with E-state index >= 15 is 0 Å². The van der Waals surface area contributed by atoms with Crippen LogP contribution in [0.3, 0.4) is 0 Å². The maximum absolute atomic E-state index is 10.6. The molecule has 31 heavy (non-hydrogen) atoms. The van der Waals surface area contributed by atoms with Crippen LogP contribution in [0.4, 0.5) is 13.2 Å². The number of nitrogens with zero attached hydrogens (tertiary/aromatic N) is 6. The van der Waals surface area contributed by atoms with Crippen molar-refractivity contribution in [1.29, 1.82) is 0 Å². The fraction of sp³-hybridized carbons (Fsp3) is 0.444. The Kier molecular flexibility index (Phi) is 7.08. The summed E-state index contributed by atoms with van der Waals surface area (Å²) in [5.41, 5.74) is 4.42. The van der Waals surface area contributed by atoms with E-state index in [1.807, 2.05) is 24.1 Å². The molecule has 0 aliphatic carbocycles. The second-order valence-corrected chi connectivity index (χ2v) is 7.70. The van der Waals surface area contributed by atoms with Gasteiger partial charge >= 0.3 is 12.1 Å². The number of fused-ring (bicyclic) bond motifs is 1. The summed E-state index contributed by atoms with van der Waals surface area (Å²) in [6.45, 7) is 3.20. The summed E-state index contributed by atoms with van der Waals surface area (Å²) in [7, 11) is 3.66. The van der Waals surface area contributed by atoms with Crippen molar-refractivity contribution < 1.29 is 27.8 Å². The Labute approximate surface area is 179 Å². The zero-order chi connectivity index (χ0) is 22.6. The van der Waals surface area contributed by atoms with Gasteiger partial charge in [0.15, 0.2) is 0 Å². The van der Waals surface area contributed by atoms with E-state index in [4.69, 9.17) is 14.6 Å². The van der Waals surface area contributed by atoms with Crippen molar-refractivity contribution in [2.24, 2.45) is 7.05 Å².